The van der Waals surface area contributed by atoms with Crippen molar-refractivity contribution in [3.8, 4) is 0 Å². The van der Waals surface area contributed by atoms with Gasteiger partial charge in [0.15, 0.2) is 0 Å². The largest absolute Gasteiger partial charge is 0.352 e. The second kappa shape index (κ2) is 9.68. The second-order valence-corrected chi connectivity index (χ2v) is 5.34. The van der Waals surface area contributed by atoms with Crippen LogP contribution in [-0.2, 0) is 4.79 Å². The number of nitrogens with zero attached hydrogens (tertiary/aromatic N) is 1. The molecule has 2 unspecified atom stereocenters. The molecule has 0 heterocycles. The van der Waals surface area contributed by atoms with Crippen molar-refractivity contribution >= 4 is 18.3 Å². The van der Waals surface area contributed by atoms with Crippen LogP contribution >= 0.6 is 12.4 Å². The van der Waals surface area contributed by atoms with E-state index in [2.05, 4.69) is 24.1 Å². The third-order valence-corrected chi connectivity index (χ3v) is 2.21. The van der Waals surface area contributed by atoms with E-state index < -0.39 is 0 Å². The first-order chi connectivity index (χ1) is 7.31. The van der Waals surface area contributed by atoms with Crippen molar-refractivity contribution in [2.24, 2.45) is 11.7 Å². The molecule has 0 fully saturated rings. The fourth-order valence-corrected chi connectivity index (χ4v) is 1.77. The number of likely N-dealkylation sites (N-methyl/N-ethyl adjacent to an activating group) is 1. The summed E-state index contributed by atoms with van der Waals surface area (Å²) in [5, 5.41) is 3.05. The summed E-state index contributed by atoms with van der Waals surface area (Å²) in [6, 6.07) is 0.153. The van der Waals surface area contributed by atoms with Gasteiger partial charge in [0.2, 0.25) is 5.91 Å². The van der Waals surface area contributed by atoms with Crippen LogP contribution in [0.25, 0.3) is 0 Å². The van der Waals surface area contributed by atoms with E-state index >= 15 is 0 Å². The molecule has 104 valence electrons. The van der Waals surface area contributed by atoms with Gasteiger partial charge in [0, 0.05) is 25.0 Å². The summed E-state index contributed by atoms with van der Waals surface area (Å²) in [7, 11) is 4.04. The van der Waals surface area contributed by atoms with Crippen molar-refractivity contribution in [3.05, 3.63) is 0 Å². The summed E-state index contributed by atoms with van der Waals surface area (Å²) < 4.78 is 0. The van der Waals surface area contributed by atoms with Gasteiger partial charge in [0.05, 0.1) is 0 Å². The van der Waals surface area contributed by atoms with Crippen molar-refractivity contribution in [3.63, 3.8) is 0 Å². The third-order valence-electron chi connectivity index (χ3n) is 2.21. The van der Waals surface area contributed by atoms with Crippen LogP contribution in [0.4, 0.5) is 0 Å². The van der Waals surface area contributed by atoms with Crippen LogP contribution in [0.15, 0.2) is 0 Å². The molecule has 2 atom stereocenters. The molecule has 0 aromatic heterocycles. The van der Waals surface area contributed by atoms with Gasteiger partial charge >= 0.3 is 0 Å². The predicted octanol–water partition coefficient (Wildman–Crippen LogP) is 1.24. The van der Waals surface area contributed by atoms with E-state index in [1.165, 1.54) is 0 Å². The fourth-order valence-electron chi connectivity index (χ4n) is 1.77. The number of hydrogen-bond donors (Lipinski definition) is 2. The number of rotatable bonds is 7. The summed E-state index contributed by atoms with van der Waals surface area (Å²) in [4.78, 5) is 13.7. The number of carbonyl (C=O) groups is 1. The van der Waals surface area contributed by atoms with Crippen LogP contribution in [-0.4, -0.2) is 43.5 Å². The lowest BCUT2D eigenvalue weighted by Gasteiger charge is -2.24. The molecule has 5 heteroatoms. The average molecular weight is 266 g/mol. The van der Waals surface area contributed by atoms with E-state index in [4.69, 9.17) is 5.73 Å². The molecule has 3 N–H and O–H groups in total. The molecule has 1 amide bonds. The zero-order chi connectivity index (χ0) is 12.7. The van der Waals surface area contributed by atoms with Crippen LogP contribution in [0.5, 0.6) is 0 Å². The zero-order valence-corrected chi connectivity index (χ0v) is 12.5. The number of carbonyl (C=O) groups excluding carboxylic acids is 1. The Morgan fingerprint density at radius 1 is 1.29 bits per heavy atom. The Balaban J connectivity index is 0. The van der Waals surface area contributed by atoms with Gasteiger partial charge in [0.1, 0.15) is 0 Å². The molecule has 0 aliphatic heterocycles. The molecule has 4 nitrogen and oxygen atoms in total. The maximum Gasteiger partial charge on any atom is 0.221 e. The first-order valence-electron chi connectivity index (χ1n) is 6.01. The summed E-state index contributed by atoms with van der Waals surface area (Å²) in [5.41, 5.74) is 5.60. The SMILES string of the molecule is CC(C)CC(CN(C)C)NC(=O)CC(C)N.Cl. The van der Waals surface area contributed by atoms with E-state index in [9.17, 15) is 4.79 Å². The van der Waals surface area contributed by atoms with Crippen LogP contribution < -0.4 is 11.1 Å². The van der Waals surface area contributed by atoms with Gasteiger partial charge in [-0.15, -0.1) is 12.4 Å². The molecule has 17 heavy (non-hydrogen) atoms. The van der Waals surface area contributed by atoms with Gasteiger partial charge < -0.3 is 16.0 Å². The van der Waals surface area contributed by atoms with Gasteiger partial charge in [-0.1, -0.05) is 13.8 Å². The molecule has 0 aromatic rings. The first-order valence-corrected chi connectivity index (χ1v) is 6.01. The highest BCUT2D eigenvalue weighted by Gasteiger charge is 2.15. The Morgan fingerprint density at radius 2 is 1.82 bits per heavy atom. The maximum absolute atomic E-state index is 11.6. The molecule has 0 aliphatic rings. The molecule has 0 bridgehead atoms. The normalized spacial score (nSPS) is 14.4. The van der Waals surface area contributed by atoms with Crippen molar-refractivity contribution < 1.29 is 4.79 Å². The summed E-state index contributed by atoms with van der Waals surface area (Å²) in [6.07, 6.45) is 1.41. The summed E-state index contributed by atoms with van der Waals surface area (Å²) in [6.45, 7) is 7.06. The highest BCUT2D eigenvalue weighted by Crippen LogP contribution is 2.06. The molecule has 0 saturated carbocycles. The Hall–Kier alpha value is -0.320. The number of hydrogen-bond acceptors (Lipinski definition) is 3. The minimum absolute atomic E-state index is 0. The molecular formula is C12H28ClN3O. The lowest BCUT2D eigenvalue weighted by molar-refractivity contribution is -0.122. The number of nitrogens with one attached hydrogen (secondary N) is 1. The predicted molar refractivity (Wildman–Crippen MR) is 75.5 cm³/mol. The molecule has 0 rings (SSSR count). The number of nitrogens with two attached hydrogens (primary N) is 1. The highest BCUT2D eigenvalue weighted by atomic mass is 35.5. The Morgan fingerprint density at radius 3 is 2.18 bits per heavy atom. The summed E-state index contributed by atoms with van der Waals surface area (Å²) >= 11 is 0. The third kappa shape index (κ3) is 11.9. The molecule has 0 aromatic carbocycles. The van der Waals surface area contributed by atoms with Crippen LogP contribution in [0.1, 0.15) is 33.6 Å². The first kappa shape index (κ1) is 19.0. The van der Waals surface area contributed by atoms with Gasteiger partial charge in [-0.3, -0.25) is 4.79 Å². The Labute approximate surface area is 112 Å². The molecule has 0 saturated heterocycles. The monoisotopic (exact) mass is 265 g/mol. The highest BCUT2D eigenvalue weighted by molar-refractivity contribution is 5.85. The fraction of sp³-hybridized carbons (Fsp3) is 0.917. The smallest absolute Gasteiger partial charge is 0.221 e. The molecular weight excluding hydrogens is 238 g/mol. The lowest BCUT2D eigenvalue weighted by atomic mass is 10.0. The molecule has 0 spiro atoms. The Kier molecular flexibility index (Phi) is 10.8. The molecule has 0 radical (unpaired) electrons. The quantitative estimate of drug-likeness (QED) is 0.728. The van der Waals surface area contributed by atoms with Gasteiger partial charge in [0.25, 0.3) is 0 Å². The topological polar surface area (TPSA) is 58.4 Å². The zero-order valence-electron chi connectivity index (χ0n) is 11.7. The van der Waals surface area contributed by atoms with E-state index in [0.717, 1.165) is 13.0 Å². The van der Waals surface area contributed by atoms with Crippen molar-refractivity contribution in [2.45, 2.75) is 45.7 Å². The Bertz CT molecular complexity index is 198. The van der Waals surface area contributed by atoms with Crippen LogP contribution in [0.2, 0.25) is 0 Å². The standard InChI is InChI=1S/C12H27N3O.ClH/c1-9(2)6-11(8-15(4)5)14-12(16)7-10(3)13;/h9-11H,6-8,13H2,1-5H3,(H,14,16);1H. The van der Waals surface area contributed by atoms with Gasteiger partial charge in [-0.25, -0.2) is 0 Å². The van der Waals surface area contributed by atoms with E-state index in [1.807, 2.05) is 21.0 Å². The van der Waals surface area contributed by atoms with Crippen molar-refractivity contribution in [2.75, 3.05) is 20.6 Å². The number of amides is 1. The maximum atomic E-state index is 11.6. The lowest BCUT2D eigenvalue weighted by Crippen LogP contribution is -2.43. The number of halogens is 1. The average Bonchev–Trinajstić information content (AvgIpc) is 1.97. The van der Waals surface area contributed by atoms with Crippen molar-refractivity contribution in [1.29, 1.82) is 0 Å². The van der Waals surface area contributed by atoms with E-state index in [-0.39, 0.29) is 30.4 Å². The minimum atomic E-state index is -0.0703. The minimum Gasteiger partial charge on any atom is -0.352 e. The van der Waals surface area contributed by atoms with Crippen LogP contribution in [0.3, 0.4) is 0 Å². The van der Waals surface area contributed by atoms with E-state index in [1.54, 1.807) is 0 Å². The molecule has 0 aliphatic carbocycles. The van der Waals surface area contributed by atoms with E-state index in [0.29, 0.717) is 12.3 Å². The van der Waals surface area contributed by atoms with Crippen LogP contribution in [0, 0.1) is 5.92 Å². The summed E-state index contributed by atoms with van der Waals surface area (Å²) in [5.74, 6) is 0.642. The second-order valence-electron chi connectivity index (χ2n) is 5.34. The van der Waals surface area contributed by atoms with Crippen molar-refractivity contribution in [1.82, 2.24) is 10.2 Å². The van der Waals surface area contributed by atoms with Gasteiger partial charge in [-0.05, 0) is 33.4 Å². The van der Waals surface area contributed by atoms with Gasteiger partial charge in [-0.2, -0.15) is 0 Å².